The van der Waals surface area contributed by atoms with Gasteiger partial charge in [0.15, 0.2) is 0 Å². The van der Waals surface area contributed by atoms with Gasteiger partial charge in [0, 0.05) is 16.7 Å². The zero-order valence-electron chi connectivity index (χ0n) is 6.83. The first-order chi connectivity index (χ1) is 5.24. The fourth-order valence-electron chi connectivity index (χ4n) is 0.816. The Morgan fingerprint density at radius 2 is 2.25 bits per heavy atom. The number of pyridine rings is 1. The fourth-order valence-corrected chi connectivity index (χ4v) is 1.05. The Hall–Kier alpha value is -0.120. The monoisotopic (exact) mass is 250 g/mol. The van der Waals surface area contributed by atoms with Crippen LogP contribution in [-0.2, 0) is 0 Å². The van der Waals surface area contributed by atoms with Gasteiger partial charge >= 0.3 is 0 Å². The lowest BCUT2D eigenvalue weighted by atomic mass is 10.1. The molecular weight excluding hydrogens is 239 g/mol. The molecule has 0 aliphatic rings. The Labute approximate surface area is 87.1 Å². The van der Waals surface area contributed by atoms with E-state index in [9.17, 15) is 0 Å². The molecule has 1 rings (SSSR count). The molecule has 0 aromatic carbocycles. The molecule has 0 unspecified atom stereocenters. The molecular formula is C8H12BrClN2. The van der Waals surface area contributed by atoms with Crippen LogP contribution in [0.4, 0.5) is 0 Å². The maximum Gasteiger partial charge on any atom is 0.0571 e. The zero-order valence-corrected chi connectivity index (χ0v) is 9.23. The van der Waals surface area contributed by atoms with Gasteiger partial charge in [0.2, 0.25) is 0 Å². The number of hydrogen-bond donors (Lipinski definition) is 1. The quantitative estimate of drug-likeness (QED) is 0.878. The highest BCUT2D eigenvalue weighted by molar-refractivity contribution is 9.10. The summed E-state index contributed by atoms with van der Waals surface area (Å²) in [4.78, 5) is 4.18. The van der Waals surface area contributed by atoms with E-state index >= 15 is 0 Å². The Morgan fingerprint density at radius 3 is 2.67 bits per heavy atom. The second-order valence-corrected chi connectivity index (χ2v) is 3.33. The predicted octanol–water partition coefficient (Wildman–Crippen LogP) is 2.68. The van der Waals surface area contributed by atoms with Gasteiger partial charge in [-0.1, -0.05) is 6.92 Å². The topological polar surface area (TPSA) is 38.9 Å². The molecule has 2 N–H and O–H groups in total. The van der Waals surface area contributed by atoms with Crippen molar-refractivity contribution in [2.75, 3.05) is 0 Å². The number of aromatic nitrogens is 1. The molecule has 12 heavy (non-hydrogen) atoms. The van der Waals surface area contributed by atoms with E-state index in [4.69, 9.17) is 5.73 Å². The van der Waals surface area contributed by atoms with Crippen LogP contribution >= 0.6 is 28.3 Å². The highest BCUT2D eigenvalue weighted by atomic mass is 79.9. The number of nitrogens with zero attached hydrogens (tertiary/aromatic N) is 1. The van der Waals surface area contributed by atoms with Gasteiger partial charge in [-0.2, -0.15) is 0 Å². The minimum absolute atomic E-state index is 0. The first kappa shape index (κ1) is 11.9. The van der Waals surface area contributed by atoms with Crippen molar-refractivity contribution >= 4 is 28.3 Å². The van der Waals surface area contributed by atoms with E-state index < -0.39 is 0 Å². The molecule has 2 nitrogen and oxygen atoms in total. The van der Waals surface area contributed by atoms with Gasteiger partial charge in [-0.05, 0) is 34.5 Å². The lowest BCUT2D eigenvalue weighted by Gasteiger charge is -2.06. The minimum atomic E-state index is 0. The maximum absolute atomic E-state index is 5.77. The summed E-state index contributed by atoms with van der Waals surface area (Å²) in [5, 5.41) is 0. The second-order valence-electron chi connectivity index (χ2n) is 2.42. The van der Waals surface area contributed by atoms with Crippen molar-refractivity contribution in [3.8, 4) is 0 Å². The Kier molecular flexibility index (Phi) is 5.46. The van der Waals surface area contributed by atoms with Crippen LogP contribution in [0, 0.1) is 0 Å². The molecule has 0 saturated heterocycles. The summed E-state index contributed by atoms with van der Waals surface area (Å²) in [5.74, 6) is 0. The summed E-state index contributed by atoms with van der Waals surface area (Å²) in [6.07, 6.45) is 2.69. The van der Waals surface area contributed by atoms with Crippen molar-refractivity contribution in [1.82, 2.24) is 4.98 Å². The normalized spacial score (nSPS) is 11.9. The summed E-state index contributed by atoms with van der Waals surface area (Å²) in [7, 11) is 0. The van der Waals surface area contributed by atoms with Crippen LogP contribution < -0.4 is 5.73 Å². The van der Waals surface area contributed by atoms with E-state index in [1.807, 2.05) is 19.1 Å². The van der Waals surface area contributed by atoms with E-state index in [1.54, 1.807) is 6.20 Å². The van der Waals surface area contributed by atoms with Gasteiger partial charge in [0.05, 0.1) is 5.69 Å². The SMILES string of the molecule is CC[C@H](N)c1ccc(Br)cn1.Cl. The van der Waals surface area contributed by atoms with Crippen LogP contribution in [0.3, 0.4) is 0 Å². The predicted molar refractivity (Wildman–Crippen MR) is 56.4 cm³/mol. The first-order valence-electron chi connectivity index (χ1n) is 3.61. The Balaban J connectivity index is 0.00000121. The van der Waals surface area contributed by atoms with Crippen molar-refractivity contribution in [2.24, 2.45) is 5.73 Å². The minimum Gasteiger partial charge on any atom is -0.323 e. The lowest BCUT2D eigenvalue weighted by molar-refractivity contribution is 0.675. The maximum atomic E-state index is 5.77. The molecule has 0 saturated carbocycles. The molecule has 0 bridgehead atoms. The van der Waals surface area contributed by atoms with E-state index in [1.165, 1.54) is 0 Å². The smallest absolute Gasteiger partial charge is 0.0571 e. The van der Waals surface area contributed by atoms with E-state index in [2.05, 4.69) is 20.9 Å². The van der Waals surface area contributed by atoms with Gasteiger partial charge in [0.25, 0.3) is 0 Å². The molecule has 0 aliphatic heterocycles. The molecule has 0 radical (unpaired) electrons. The van der Waals surface area contributed by atoms with Crippen LogP contribution in [-0.4, -0.2) is 4.98 Å². The third-order valence-corrected chi connectivity index (χ3v) is 2.04. The molecule has 1 aromatic heterocycles. The Bertz CT molecular complexity index is 225. The highest BCUT2D eigenvalue weighted by Crippen LogP contribution is 2.13. The van der Waals surface area contributed by atoms with Crippen molar-refractivity contribution in [2.45, 2.75) is 19.4 Å². The van der Waals surface area contributed by atoms with Gasteiger partial charge in [0.1, 0.15) is 0 Å². The van der Waals surface area contributed by atoms with Crippen molar-refractivity contribution in [3.63, 3.8) is 0 Å². The third kappa shape index (κ3) is 3.09. The van der Waals surface area contributed by atoms with Gasteiger partial charge < -0.3 is 5.73 Å². The summed E-state index contributed by atoms with van der Waals surface area (Å²) in [6, 6.07) is 3.97. The molecule has 0 aliphatic carbocycles. The van der Waals surface area contributed by atoms with Crippen LogP contribution in [0.5, 0.6) is 0 Å². The zero-order chi connectivity index (χ0) is 8.27. The van der Waals surface area contributed by atoms with Crippen molar-refractivity contribution < 1.29 is 0 Å². The van der Waals surface area contributed by atoms with E-state index in [-0.39, 0.29) is 18.4 Å². The summed E-state index contributed by atoms with van der Waals surface area (Å²) >= 11 is 3.31. The molecule has 0 spiro atoms. The Morgan fingerprint density at radius 1 is 1.58 bits per heavy atom. The molecule has 1 atom stereocenters. The molecule has 0 amide bonds. The second kappa shape index (κ2) is 5.51. The number of halogens is 2. The standard InChI is InChI=1S/C8H11BrN2.ClH/c1-2-7(10)8-4-3-6(9)5-11-8;/h3-5,7H,2,10H2,1H3;1H/t7-;/m0./s1. The van der Waals surface area contributed by atoms with Crippen molar-refractivity contribution in [1.29, 1.82) is 0 Å². The van der Waals surface area contributed by atoms with Crippen molar-refractivity contribution in [3.05, 3.63) is 28.5 Å². The molecule has 0 fully saturated rings. The average Bonchev–Trinajstić information content (AvgIpc) is 2.05. The summed E-state index contributed by atoms with van der Waals surface area (Å²) in [6.45, 7) is 2.05. The highest BCUT2D eigenvalue weighted by Gasteiger charge is 2.02. The lowest BCUT2D eigenvalue weighted by Crippen LogP contribution is -2.09. The first-order valence-corrected chi connectivity index (χ1v) is 4.40. The summed E-state index contributed by atoms with van der Waals surface area (Å²) < 4.78 is 0.990. The number of nitrogens with two attached hydrogens (primary N) is 1. The van der Waals surface area contributed by atoms with Crippen LogP contribution in [0.15, 0.2) is 22.8 Å². The van der Waals surface area contributed by atoms with E-state index in [0.29, 0.717) is 0 Å². The molecule has 68 valence electrons. The van der Waals surface area contributed by atoms with Crippen LogP contribution in [0.25, 0.3) is 0 Å². The average molecular weight is 252 g/mol. The fraction of sp³-hybridized carbons (Fsp3) is 0.375. The number of hydrogen-bond acceptors (Lipinski definition) is 2. The van der Waals surface area contributed by atoms with E-state index in [0.717, 1.165) is 16.6 Å². The largest absolute Gasteiger partial charge is 0.323 e. The number of rotatable bonds is 2. The van der Waals surface area contributed by atoms with Gasteiger partial charge in [-0.3, -0.25) is 4.98 Å². The molecule has 4 heteroatoms. The molecule has 1 heterocycles. The van der Waals surface area contributed by atoms with Crippen LogP contribution in [0.1, 0.15) is 25.1 Å². The van der Waals surface area contributed by atoms with Gasteiger partial charge in [-0.15, -0.1) is 12.4 Å². The van der Waals surface area contributed by atoms with Gasteiger partial charge in [-0.25, -0.2) is 0 Å². The third-order valence-electron chi connectivity index (χ3n) is 1.57. The molecule has 1 aromatic rings. The van der Waals surface area contributed by atoms with Crippen LogP contribution in [0.2, 0.25) is 0 Å². The summed E-state index contributed by atoms with van der Waals surface area (Å²) in [5.41, 5.74) is 6.72.